The van der Waals surface area contributed by atoms with Crippen LogP contribution in [-0.2, 0) is 9.47 Å². The van der Waals surface area contributed by atoms with Gasteiger partial charge in [0.05, 0.1) is 18.3 Å². The van der Waals surface area contributed by atoms with Crippen LogP contribution in [0.5, 0.6) is 0 Å². The summed E-state index contributed by atoms with van der Waals surface area (Å²) in [5.41, 5.74) is 0.145. The Morgan fingerprint density at radius 1 is 1.21 bits per heavy atom. The molecule has 0 aliphatic carbocycles. The number of unbranched alkanes of at least 4 members (excludes halogenated alkanes) is 3. The van der Waals surface area contributed by atoms with Crippen molar-refractivity contribution in [1.29, 1.82) is 0 Å². The van der Waals surface area contributed by atoms with Crippen LogP contribution in [0.4, 0.5) is 0 Å². The molecule has 0 spiro atoms. The van der Waals surface area contributed by atoms with Gasteiger partial charge in [-0.2, -0.15) is 0 Å². The fourth-order valence-corrected chi connectivity index (χ4v) is 2.48. The van der Waals surface area contributed by atoms with E-state index in [1.54, 1.807) is 0 Å². The second-order valence-electron chi connectivity index (χ2n) is 4.62. The molecule has 2 atom stereocenters. The lowest BCUT2D eigenvalue weighted by Crippen LogP contribution is -2.58. The van der Waals surface area contributed by atoms with Gasteiger partial charge < -0.3 is 9.47 Å². The monoisotopic (exact) mass is 198 g/mol. The van der Waals surface area contributed by atoms with Gasteiger partial charge in [-0.15, -0.1) is 0 Å². The van der Waals surface area contributed by atoms with Crippen LogP contribution < -0.4 is 0 Å². The number of rotatable bonds is 6. The van der Waals surface area contributed by atoms with E-state index < -0.39 is 0 Å². The van der Waals surface area contributed by atoms with Crippen molar-refractivity contribution in [3.05, 3.63) is 0 Å². The molecule has 2 nitrogen and oxygen atoms in total. The Kier molecular flexibility index (Phi) is 3.45. The summed E-state index contributed by atoms with van der Waals surface area (Å²) in [6.45, 7) is 4.16. The maximum absolute atomic E-state index is 5.78. The number of ether oxygens (including phenoxy) is 2. The average molecular weight is 198 g/mol. The minimum absolute atomic E-state index is 0.145. The highest BCUT2D eigenvalue weighted by Gasteiger charge is 2.48. The van der Waals surface area contributed by atoms with Gasteiger partial charge in [0, 0.05) is 13.0 Å². The average Bonchev–Trinajstić information content (AvgIpc) is 2.04. The first-order chi connectivity index (χ1) is 6.87. The number of hydrogen-bond donors (Lipinski definition) is 0. The largest absolute Gasteiger partial charge is 0.375 e. The van der Waals surface area contributed by atoms with E-state index in [1.165, 1.54) is 44.9 Å². The molecule has 0 radical (unpaired) electrons. The molecule has 0 aromatic carbocycles. The quantitative estimate of drug-likeness (QED) is 0.611. The minimum Gasteiger partial charge on any atom is -0.375 e. The molecule has 0 N–H and O–H groups in total. The van der Waals surface area contributed by atoms with Crippen molar-refractivity contribution >= 4 is 0 Å². The van der Waals surface area contributed by atoms with Crippen molar-refractivity contribution in [2.24, 2.45) is 0 Å². The van der Waals surface area contributed by atoms with Crippen LogP contribution in [0.3, 0.4) is 0 Å². The molecule has 2 saturated heterocycles. The molecule has 2 fully saturated rings. The standard InChI is InChI=1S/C12H22O2/c1-2-3-4-5-7-12(8-10-14-12)11-6-9-13-11/h11H,2-10H2,1H3. The number of hydrogen-bond acceptors (Lipinski definition) is 2. The van der Waals surface area contributed by atoms with Gasteiger partial charge in [0.2, 0.25) is 0 Å². The molecule has 2 unspecified atom stereocenters. The van der Waals surface area contributed by atoms with Crippen molar-refractivity contribution in [3.63, 3.8) is 0 Å². The predicted molar refractivity (Wildman–Crippen MR) is 56.4 cm³/mol. The molecular formula is C12H22O2. The van der Waals surface area contributed by atoms with Crippen LogP contribution in [0.25, 0.3) is 0 Å². The zero-order valence-corrected chi connectivity index (χ0v) is 9.26. The van der Waals surface area contributed by atoms with Crippen LogP contribution in [0.15, 0.2) is 0 Å². The Morgan fingerprint density at radius 2 is 2.00 bits per heavy atom. The van der Waals surface area contributed by atoms with E-state index in [0.29, 0.717) is 6.10 Å². The zero-order chi connectivity index (χ0) is 9.86. The van der Waals surface area contributed by atoms with Gasteiger partial charge in [-0.3, -0.25) is 0 Å². The highest BCUT2D eigenvalue weighted by Crippen LogP contribution is 2.41. The van der Waals surface area contributed by atoms with E-state index >= 15 is 0 Å². The maximum Gasteiger partial charge on any atom is 0.0965 e. The Morgan fingerprint density at radius 3 is 2.43 bits per heavy atom. The topological polar surface area (TPSA) is 18.5 Å². The summed E-state index contributed by atoms with van der Waals surface area (Å²) in [5.74, 6) is 0. The molecule has 2 heterocycles. The molecule has 0 saturated carbocycles. The zero-order valence-electron chi connectivity index (χ0n) is 9.26. The summed E-state index contributed by atoms with van der Waals surface area (Å²) in [6, 6.07) is 0. The van der Waals surface area contributed by atoms with E-state index in [1.807, 2.05) is 0 Å². The van der Waals surface area contributed by atoms with Crippen molar-refractivity contribution in [2.75, 3.05) is 13.2 Å². The van der Waals surface area contributed by atoms with Gasteiger partial charge in [-0.25, -0.2) is 0 Å². The van der Waals surface area contributed by atoms with Gasteiger partial charge in [0.25, 0.3) is 0 Å². The maximum atomic E-state index is 5.78. The molecule has 2 rings (SSSR count). The normalized spacial score (nSPS) is 36.2. The summed E-state index contributed by atoms with van der Waals surface area (Å²) >= 11 is 0. The molecule has 0 amide bonds. The van der Waals surface area contributed by atoms with Gasteiger partial charge in [0.15, 0.2) is 0 Å². The first kappa shape index (κ1) is 10.4. The van der Waals surface area contributed by atoms with E-state index in [-0.39, 0.29) is 5.60 Å². The Hall–Kier alpha value is -0.0800. The predicted octanol–water partition coefficient (Wildman–Crippen LogP) is 2.90. The molecule has 0 aromatic heterocycles. The lowest BCUT2D eigenvalue weighted by Gasteiger charge is -2.50. The van der Waals surface area contributed by atoms with Gasteiger partial charge in [-0.1, -0.05) is 32.6 Å². The molecule has 14 heavy (non-hydrogen) atoms. The third kappa shape index (κ3) is 1.96. The van der Waals surface area contributed by atoms with Crippen molar-refractivity contribution < 1.29 is 9.47 Å². The fourth-order valence-electron chi connectivity index (χ4n) is 2.48. The van der Waals surface area contributed by atoms with E-state index in [2.05, 4.69) is 6.92 Å². The molecule has 82 valence electrons. The molecule has 2 aliphatic heterocycles. The lowest BCUT2D eigenvalue weighted by atomic mass is 9.80. The summed E-state index contributed by atoms with van der Waals surface area (Å²) in [6.07, 6.45) is 9.44. The second-order valence-corrected chi connectivity index (χ2v) is 4.62. The van der Waals surface area contributed by atoms with E-state index in [4.69, 9.17) is 9.47 Å². The van der Waals surface area contributed by atoms with Crippen molar-refractivity contribution in [1.82, 2.24) is 0 Å². The lowest BCUT2D eigenvalue weighted by molar-refractivity contribution is -0.256. The van der Waals surface area contributed by atoms with E-state index in [9.17, 15) is 0 Å². The molecule has 2 heteroatoms. The Labute approximate surface area is 87.0 Å². The van der Waals surface area contributed by atoms with Gasteiger partial charge in [0.1, 0.15) is 0 Å². The summed E-state index contributed by atoms with van der Waals surface area (Å²) in [7, 11) is 0. The first-order valence-electron chi connectivity index (χ1n) is 6.13. The summed E-state index contributed by atoms with van der Waals surface area (Å²) < 4.78 is 11.3. The van der Waals surface area contributed by atoms with Gasteiger partial charge >= 0.3 is 0 Å². The third-order valence-corrected chi connectivity index (χ3v) is 3.65. The molecule has 2 aliphatic rings. The smallest absolute Gasteiger partial charge is 0.0965 e. The molecule has 0 aromatic rings. The van der Waals surface area contributed by atoms with E-state index in [0.717, 1.165) is 13.2 Å². The molecule has 0 bridgehead atoms. The van der Waals surface area contributed by atoms with Crippen LogP contribution >= 0.6 is 0 Å². The SMILES string of the molecule is CCCCCCC1(C2CCO2)CCO1. The van der Waals surface area contributed by atoms with Crippen LogP contribution in [0.2, 0.25) is 0 Å². The highest BCUT2D eigenvalue weighted by atomic mass is 16.6. The van der Waals surface area contributed by atoms with Gasteiger partial charge in [-0.05, 0) is 12.8 Å². The van der Waals surface area contributed by atoms with Crippen LogP contribution in [0.1, 0.15) is 51.9 Å². The minimum atomic E-state index is 0.145. The van der Waals surface area contributed by atoms with Crippen LogP contribution in [0, 0.1) is 0 Å². The summed E-state index contributed by atoms with van der Waals surface area (Å²) in [4.78, 5) is 0. The van der Waals surface area contributed by atoms with Crippen molar-refractivity contribution in [3.8, 4) is 0 Å². The third-order valence-electron chi connectivity index (χ3n) is 3.65. The van der Waals surface area contributed by atoms with Crippen molar-refractivity contribution in [2.45, 2.75) is 63.6 Å². The Bertz CT molecular complexity index is 171. The highest BCUT2D eigenvalue weighted by molar-refractivity contribution is 4.97. The second kappa shape index (κ2) is 4.63. The first-order valence-corrected chi connectivity index (χ1v) is 6.13. The fraction of sp³-hybridized carbons (Fsp3) is 1.00. The molecular weight excluding hydrogens is 176 g/mol. The van der Waals surface area contributed by atoms with Crippen LogP contribution in [-0.4, -0.2) is 24.9 Å². The summed E-state index contributed by atoms with van der Waals surface area (Å²) in [5, 5.41) is 0. The Balaban J connectivity index is 1.69.